The van der Waals surface area contributed by atoms with Gasteiger partial charge in [-0.1, -0.05) is 12.1 Å². The van der Waals surface area contributed by atoms with E-state index >= 15 is 0 Å². The molecule has 3 rings (SSSR count). The maximum Gasteiger partial charge on any atom is 0.180 e. The van der Waals surface area contributed by atoms with Gasteiger partial charge in [0, 0.05) is 10.4 Å². The van der Waals surface area contributed by atoms with E-state index in [9.17, 15) is 37.7 Å². The summed E-state index contributed by atoms with van der Waals surface area (Å²) in [7, 11) is 0. The summed E-state index contributed by atoms with van der Waals surface area (Å²) in [6, 6.07) is 13.7. The fraction of sp³-hybridized carbons (Fsp3) is 0. The van der Waals surface area contributed by atoms with Crippen LogP contribution in [0.4, 0.5) is 22.0 Å². The third-order valence-corrected chi connectivity index (χ3v) is 4.88. The quantitative estimate of drug-likeness (QED) is 0.417. The maximum absolute atomic E-state index is 14.7. The Labute approximate surface area is 194 Å². The molecule has 0 aliphatic carbocycles. The molecule has 3 aromatic carbocycles. The largest absolute Gasteiger partial charge is 0.207 e. The van der Waals surface area contributed by atoms with E-state index in [1.54, 1.807) is 18.2 Å². The third kappa shape index (κ3) is 4.14. The molecule has 3 aromatic rings. The first-order valence-electron chi connectivity index (χ1n) is 9.28. The van der Waals surface area contributed by atoms with E-state index in [4.69, 9.17) is 10.5 Å². The minimum absolute atomic E-state index is 0.0213. The summed E-state index contributed by atoms with van der Waals surface area (Å²) in [6.45, 7) is 0. The summed E-state index contributed by atoms with van der Waals surface area (Å²) in [4.78, 5) is 0. The molecule has 35 heavy (non-hydrogen) atoms. The van der Waals surface area contributed by atoms with Crippen LogP contribution in [0.2, 0.25) is 0 Å². The molecule has 5 nitrogen and oxygen atoms in total. The van der Waals surface area contributed by atoms with Gasteiger partial charge in [0.25, 0.3) is 0 Å². The molecule has 10 heteroatoms. The number of hydrogen-bond donors (Lipinski definition) is 0. The Balaban J connectivity index is 2.65. The fourth-order valence-electron chi connectivity index (χ4n) is 3.32. The van der Waals surface area contributed by atoms with E-state index in [2.05, 4.69) is 0 Å². The molecule has 0 aliphatic heterocycles. The first kappa shape index (κ1) is 24.1. The lowest BCUT2D eigenvalue weighted by Gasteiger charge is -2.11. The molecule has 0 unspecified atom stereocenters. The molecule has 0 spiro atoms. The van der Waals surface area contributed by atoms with Crippen LogP contribution in [0.15, 0.2) is 36.4 Å². The number of nitrogens with zero attached hydrogens (tertiary/aromatic N) is 5. The number of halogens is 5. The van der Waals surface area contributed by atoms with Crippen LogP contribution >= 0.6 is 0 Å². The molecule has 0 radical (unpaired) electrons. The van der Waals surface area contributed by atoms with Gasteiger partial charge >= 0.3 is 0 Å². The summed E-state index contributed by atoms with van der Waals surface area (Å²) >= 11 is 0. The zero-order valence-corrected chi connectivity index (χ0v) is 17.1. The standard InChI is InChI=1S/C25H6F5N5/c26-16-4-12(7-31)3-14(5-16)18-6-13(15(8-32)9-33)1-2-17(18)19(10-34)21-24(29)22(27)20(11-35)23(28)25(21)30/h1-6H/b19-17+. The normalized spacial score (nSPS) is 10.7. The molecule has 0 atom stereocenters. The fourth-order valence-corrected chi connectivity index (χ4v) is 3.32. The van der Waals surface area contributed by atoms with Gasteiger partial charge in [0.1, 0.15) is 41.2 Å². The summed E-state index contributed by atoms with van der Waals surface area (Å²) in [5.74, 6) is -8.95. The van der Waals surface area contributed by atoms with Crippen molar-refractivity contribution in [2.24, 2.45) is 0 Å². The highest BCUT2D eigenvalue weighted by atomic mass is 19.2. The van der Waals surface area contributed by atoms with E-state index in [0.717, 1.165) is 42.5 Å². The van der Waals surface area contributed by atoms with Crippen molar-refractivity contribution in [3.05, 3.63) is 92.6 Å². The van der Waals surface area contributed by atoms with Gasteiger partial charge in [-0.25, -0.2) is 22.0 Å². The molecule has 0 bridgehead atoms. The highest BCUT2D eigenvalue weighted by Crippen LogP contribution is 2.29. The van der Waals surface area contributed by atoms with Gasteiger partial charge in [-0.15, -0.1) is 0 Å². The minimum Gasteiger partial charge on any atom is -0.207 e. The monoisotopic (exact) mass is 471 g/mol. The van der Waals surface area contributed by atoms with Gasteiger partial charge < -0.3 is 0 Å². The Hall–Kier alpha value is -5.50. The van der Waals surface area contributed by atoms with Gasteiger partial charge in [-0.2, -0.15) is 26.3 Å². The predicted octanol–water partition coefficient (Wildman–Crippen LogP) is 3.71. The molecule has 0 aliphatic rings. The van der Waals surface area contributed by atoms with Crippen LogP contribution in [0.3, 0.4) is 0 Å². The van der Waals surface area contributed by atoms with E-state index in [0.29, 0.717) is 0 Å². The van der Waals surface area contributed by atoms with E-state index in [1.807, 2.05) is 0 Å². The average Bonchev–Trinajstić information content (AvgIpc) is 2.86. The highest BCUT2D eigenvalue weighted by molar-refractivity contribution is 5.83. The van der Waals surface area contributed by atoms with Crippen molar-refractivity contribution >= 4 is 11.1 Å². The third-order valence-electron chi connectivity index (χ3n) is 4.88. The molecule has 0 saturated heterocycles. The van der Waals surface area contributed by atoms with Gasteiger partial charge in [-0.3, -0.25) is 0 Å². The van der Waals surface area contributed by atoms with Gasteiger partial charge in [0.2, 0.25) is 0 Å². The molecule has 0 N–H and O–H groups in total. The van der Waals surface area contributed by atoms with Crippen molar-refractivity contribution in [2.45, 2.75) is 0 Å². The van der Waals surface area contributed by atoms with Crippen LogP contribution in [0, 0.1) is 85.7 Å². The Morgan fingerprint density at radius 2 is 1.29 bits per heavy atom. The molecule has 0 amide bonds. The molecule has 0 fully saturated rings. The summed E-state index contributed by atoms with van der Waals surface area (Å²) in [6.07, 6.45) is 0. The van der Waals surface area contributed by atoms with Crippen molar-refractivity contribution < 1.29 is 22.0 Å². The van der Waals surface area contributed by atoms with E-state index in [1.165, 1.54) is 6.07 Å². The van der Waals surface area contributed by atoms with Crippen LogP contribution in [0.1, 0.15) is 16.7 Å². The number of hydrogen-bond acceptors (Lipinski definition) is 5. The maximum atomic E-state index is 14.7. The summed E-state index contributed by atoms with van der Waals surface area (Å²) < 4.78 is 72.2. The summed E-state index contributed by atoms with van der Waals surface area (Å²) in [5.41, 5.74) is -4.73. The van der Waals surface area contributed by atoms with Crippen molar-refractivity contribution in [2.75, 3.05) is 0 Å². The SMILES string of the molecule is N#CC(C#N)=c1cc/c(=C(/C#N)c2c(F)c(F)c(C#N)c(F)c2F)c(-c2cc(F)cc(C#N)c2)c1. The molecule has 0 aromatic heterocycles. The second-order valence-electron chi connectivity index (χ2n) is 6.80. The van der Waals surface area contributed by atoms with E-state index < -0.39 is 51.4 Å². The lowest BCUT2D eigenvalue weighted by atomic mass is 9.93. The Bertz CT molecular complexity index is 1710. The van der Waals surface area contributed by atoms with Gasteiger partial charge in [-0.05, 0) is 35.4 Å². The Morgan fingerprint density at radius 3 is 1.80 bits per heavy atom. The van der Waals surface area contributed by atoms with Crippen LogP contribution in [0.5, 0.6) is 0 Å². The van der Waals surface area contributed by atoms with Crippen LogP contribution in [0.25, 0.3) is 22.3 Å². The van der Waals surface area contributed by atoms with Crippen molar-refractivity contribution in [3.63, 3.8) is 0 Å². The highest BCUT2D eigenvalue weighted by Gasteiger charge is 2.28. The van der Waals surface area contributed by atoms with Gasteiger partial charge in [0.15, 0.2) is 23.3 Å². The lowest BCUT2D eigenvalue weighted by molar-refractivity contribution is 0.447. The van der Waals surface area contributed by atoms with Gasteiger partial charge in [0.05, 0.1) is 22.8 Å². The van der Waals surface area contributed by atoms with Crippen molar-refractivity contribution in [3.8, 4) is 41.5 Å². The lowest BCUT2D eigenvalue weighted by Crippen LogP contribution is -2.19. The minimum atomic E-state index is -2.02. The summed E-state index contributed by atoms with van der Waals surface area (Å²) in [5, 5.41) is 45.7. The number of rotatable bonds is 2. The van der Waals surface area contributed by atoms with Crippen LogP contribution in [-0.2, 0) is 0 Å². The zero-order valence-electron chi connectivity index (χ0n) is 17.1. The Morgan fingerprint density at radius 1 is 0.657 bits per heavy atom. The van der Waals surface area contributed by atoms with Crippen molar-refractivity contribution in [1.29, 1.82) is 26.3 Å². The van der Waals surface area contributed by atoms with Crippen LogP contribution < -0.4 is 10.4 Å². The van der Waals surface area contributed by atoms with Crippen LogP contribution in [-0.4, -0.2) is 0 Å². The van der Waals surface area contributed by atoms with E-state index in [-0.39, 0.29) is 27.1 Å². The molecule has 166 valence electrons. The predicted molar refractivity (Wildman–Crippen MR) is 110 cm³/mol. The van der Waals surface area contributed by atoms with Crippen molar-refractivity contribution in [1.82, 2.24) is 0 Å². The molecular weight excluding hydrogens is 465 g/mol. The number of nitriles is 5. The molecular formula is C25H6F5N5. The first-order valence-corrected chi connectivity index (χ1v) is 9.28. The number of benzene rings is 3. The zero-order chi connectivity index (χ0) is 25.9. The topological polar surface area (TPSA) is 119 Å². The molecule has 0 heterocycles. The Kier molecular flexibility index (Phi) is 6.59. The second kappa shape index (κ2) is 9.55. The first-order chi connectivity index (χ1) is 16.7. The average molecular weight is 471 g/mol. The smallest absolute Gasteiger partial charge is 0.180 e. The molecule has 0 saturated carbocycles. The second-order valence-corrected chi connectivity index (χ2v) is 6.80.